The van der Waals surface area contributed by atoms with Crippen LogP contribution in [0.2, 0.25) is 0 Å². The van der Waals surface area contributed by atoms with Crippen molar-refractivity contribution < 1.29 is 23.2 Å². The summed E-state index contributed by atoms with van der Waals surface area (Å²) in [5, 5.41) is 9.73. The van der Waals surface area contributed by atoms with Crippen LogP contribution in [0.15, 0.2) is 60.8 Å². The fourth-order valence-corrected chi connectivity index (χ4v) is 5.94. The summed E-state index contributed by atoms with van der Waals surface area (Å²) in [5.74, 6) is -0.522. The van der Waals surface area contributed by atoms with E-state index in [2.05, 4.69) is 9.88 Å². The number of hydrogen-bond donors (Lipinski definition) is 3. The Morgan fingerprint density at radius 2 is 1.89 bits per heavy atom. The van der Waals surface area contributed by atoms with Crippen LogP contribution in [0.5, 0.6) is 0 Å². The molecular weight excluding hydrogens is 492 g/mol. The van der Waals surface area contributed by atoms with E-state index in [1.165, 1.54) is 6.08 Å². The molecule has 9 nitrogen and oxygen atoms in total. The van der Waals surface area contributed by atoms with Gasteiger partial charge in [0.15, 0.2) is 0 Å². The van der Waals surface area contributed by atoms with Crippen LogP contribution in [-0.2, 0) is 32.5 Å². The van der Waals surface area contributed by atoms with Crippen molar-refractivity contribution in [1.29, 1.82) is 0 Å². The average molecular weight is 527 g/mol. The summed E-state index contributed by atoms with van der Waals surface area (Å²) >= 11 is 0. The molecule has 0 unspecified atom stereocenters. The molecule has 3 aromatic rings. The first-order chi connectivity index (χ1) is 17.9. The van der Waals surface area contributed by atoms with Crippen LogP contribution in [0.3, 0.4) is 0 Å². The second-order valence-corrected chi connectivity index (χ2v) is 11.2. The van der Waals surface area contributed by atoms with Crippen molar-refractivity contribution in [2.24, 2.45) is 0 Å². The molecule has 3 N–H and O–H groups in total. The predicted octanol–water partition coefficient (Wildman–Crippen LogP) is 2.78. The number of rotatable bonds is 12. The van der Waals surface area contributed by atoms with Gasteiger partial charge in [0.2, 0.25) is 10.0 Å². The van der Waals surface area contributed by atoms with Crippen LogP contribution in [0.1, 0.15) is 23.1 Å². The minimum Gasteiger partial charge on any atom is -0.379 e. The minimum absolute atomic E-state index is 0.0926. The van der Waals surface area contributed by atoms with Crippen LogP contribution in [0.4, 0.5) is 0 Å². The first kappa shape index (κ1) is 27.0. The number of aromatic amines is 1. The van der Waals surface area contributed by atoms with E-state index in [-0.39, 0.29) is 12.3 Å². The first-order valence-corrected chi connectivity index (χ1v) is 14.1. The summed E-state index contributed by atoms with van der Waals surface area (Å²) in [5.41, 5.74) is 5.31. The van der Waals surface area contributed by atoms with Crippen molar-refractivity contribution in [3.8, 4) is 0 Å². The Balaban J connectivity index is 1.45. The van der Waals surface area contributed by atoms with Crippen LogP contribution < -0.4 is 5.48 Å². The standard InChI is InChI=1S/C27H34N4O5S/c32-27(29-33)11-10-22-6-8-23(9-7-22)21-31(14-12-24-20-28-26-5-2-1-4-25(24)26)37(34,35)19-3-13-30-15-17-36-18-16-30/h1-2,4-11,20,28,33H,3,12-19,21H2,(H,29,32)/b11-10+. The minimum atomic E-state index is -3.49. The number of fused-ring (bicyclic) bond motifs is 1. The van der Waals surface area contributed by atoms with Gasteiger partial charge in [0, 0.05) is 49.4 Å². The number of aromatic nitrogens is 1. The van der Waals surface area contributed by atoms with Gasteiger partial charge in [0.05, 0.1) is 19.0 Å². The number of nitrogens with zero attached hydrogens (tertiary/aromatic N) is 2. The lowest BCUT2D eigenvalue weighted by Gasteiger charge is -2.27. The highest BCUT2D eigenvalue weighted by atomic mass is 32.2. The van der Waals surface area contributed by atoms with Gasteiger partial charge >= 0.3 is 0 Å². The smallest absolute Gasteiger partial charge is 0.267 e. The molecule has 0 spiro atoms. The number of nitrogens with one attached hydrogen (secondary N) is 2. The number of benzene rings is 2. The van der Waals surface area contributed by atoms with Gasteiger partial charge in [-0.25, -0.2) is 13.9 Å². The van der Waals surface area contributed by atoms with Crippen LogP contribution in [0.25, 0.3) is 17.0 Å². The van der Waals surface area contributed by atoms with Crippen molar-refractivity contribution >= 4 is 32.9 Å². The normalized spacial score (nSPS) is 15.1. The van der Waals surface area contributed by atoms with E-state index in [1.807, 2.05) is 54.7 Å². The molecule has 0 saturated carbocycles. The van der Waals surface area contributed by atoms with Gasteiger partial charge in [0.25, 0.3) is 5.91 Å². The Labute approximate surface area is 217 Å². The topological polar surface area (TPSA) is 115 Å². The Morgan fingerprint density at radius 1 is 1.14 bits per heavy atom. The fraction of sp³-hybridized carbons (Fsp3) is 0.370. The summed E-state index contributed by atoms with van der Waals surface area (Å²) in [6.45, 7) is 4.44. The van der Waals surface area contributed by atoms with Gasteiger partial charge in [0.1, 0.15) is 0 Å². The third kappa shape index (κ3) is 7.73. The maximum atomic E-state index is 13.5. The number of H-pyrrole nitrogens is 1. The number of carbonyl (C=O) groups is 1. The molecule has 0 aliphatic carbocycles. The third-order valence-corrected chi connectivity index (χ3v) is 8.46. The molecule has 1 fully saturated rings. The maximum absolute atomic E-state index is 13.5. The Hall–Kier alpha value is -3.02. The number of para-hydroxylation sites is 1. The molecule has 1 aliphatic rings. The Morgan fingerprint density at radius 3 is 2.65 bits per heavy atom. The highest BCUT2D eigenvalue weighted by molar-refractivity contribution is 7.89. The second kappa shape index (κ2) is 13.0. The van der Waals surface area contributed by atoms with Crippen LogP contribution in [-0.4, -0.2) is 78.9 Å². The number of amides is 1. The summed E-state index contributed by atoms with van der Waals surface area (Å²) < 4.78 is 33.9. The van der Waals surface area contributed by atoms with Gasteiger partial charge in [-0.1, -0.05) is 42.5 Å². The third-order valence-electron chi connectivity index (χ3n) is 6.56. The van der Waals surface area contributed by atoms with Gasteiger partial charge in [-0.2, -0.15) is 4.31 Å². The summed E-state index contributed by atoms with van der Waals surface area (Å²) in [6, 6.07) is 15.4. The van der Waals surface area contributed by atoms with E-state index in [4.69, 9.17) is 9.94 Å². The van der Waals surface area contributed by atoms with Crippen molar-refractivity contribution in [2.75, 3.05) is 45.1 Å². The van der Waals surface area contributed by atoms with E-state index in [0.717, 1.165) is 47.2 Å². The number of sulfonamides is 1. The molecule has 37 heavy (non-hydrogen) atoms. The highest BCUT2D eigenvalue weighted by Gasteiger charge is 2.23. The summed E-state index contributed by atoms with van der Waals surface area (Å²) in [4.78, 5) is 16.7. The highest BCUT2D eigenvalue weighted by Crippen LogP contribution is 2.20. The zero-order valence-electron chi connectivity index (χ0n) is 20.8. The van der Waals surface area contributed by atoms with E-state index < -0.39 is 15.9 Å². The lowest BCUT2D eigenvalue weighted by atomic mass is 10.1. The molecule has 1 aliphatic heterocycles. The van der Waals surface area contributed by atoms with Gasteiger partial charge in [-0.05, 0) is 48.2 Å². The number of carbonyl (C=O) groups excluding carboxylic acids is 1. The van der Waals surface area contributed by atoms with Crippen LogP contribution in [0, 0.1) is 0 Å². The predicted molar refractivity (Wildman–Crippen MR) is 143 cm³/mol. The Kier molecular flexibility index (Phi) is 9.48. The quantitative estimate of drug-likeness (QED) is 0.190. The molecule has 1 aromatic heterocycles. The number of hydrogen-bond acceptors (Lipinski definition) is 6. The summed E-state index contributed by atoms with van der Waals surface area (Å²) in [7, 11) is -3.49. The molecule has 0 atom stereocenters. The van der Waals surface area contributed by atoms with E-state index in [1.54, 1.807) is 15.9 Å². The molecule has 1 amide bonds. The molecule has 0 radical (unpaired) electrons. The monoisotopic (exact) mass is 526 g/mol. The van der Waals surface area contributed by atoms with Gasteiger partial charge < -0.3 is 9.72 Å². The Bertz CT molecular complexity index is 1300. The fourth-order valence-electron chi connectivity index (χ4n) is 4.47. The molecule has 2 aromatic carbocycles. The zero-order chi connectivity index (χ0) is 26.1. The largest absolute Gasteiger partial charge is 0.379 e. The number of ether oxygens (including phenoxy) is 1. The van der Waals surface area contributed by atoms with Crippen molar-refractivity contribution in [3.63, 3.8) is 0 Å². The number of morpholine rings is 1. The molecule has 2 heterocycles. The molecule has 10 heteroatoms. The second-order valence-electron chi connectivity index (χ2n) is 9.12. The van der Waals surface area contributed by atoms with E-state index >= 15 is 0 Å². The maximum Gasteiger partial charge on any atom is 0.267 e. The molecule has 4 rings (SSSR count). The molecular formula is C27H34N4O5S. The van der Waals surface area contributed by atoms with Crippen molar-refractivity contribution in [1.82, 2.24) is 19.7 Å². The number of hydroxylamine groups is 1. The van der Waals surface area contributed by atoms with Gasteiger partial charge in [-0.15, -0.1) is 0 Å². The van der Waals surface area contributed by atoms with Crippen LogP contribution >= 0.6 is 0 Å². The zero-order valence-corrected chi connectivity index (χ0v) is 21.6. The van der Waals surface area contributed by atoms with E-state index in [9.17, 15) is 13.2 Å². The average Bonchev–Trinajstić information content (AvgIpc) is 3.33. The SMILES string of the molecule is O=C(/C=C/c1ccc(CN(CCc2c[nH]c3ccccc23)S(=O)(=O)CCCN2CCOCC2)cc1)NO. The first-order valence-electron chi connectivity index (χ1n) is 12.5. The lowest BCUT2D eigenvalue weighted by molar-refractivity contribution is -0.124. The molecule has 198 valence electrons. The van der Waals surface area contributed by atoms with E-state index in [0.29, 0.717) is 32.6 Å². The van der Waals surface area contributed by atoms with Crippen molar-refractivity contribution in [3.05, 3.63) is 77.5 Å². The lowest BCUT2D eigenvalue weighted by Crippen LogP contribution is -2.39. The summed E-state index contributed by atoms with van der Waals surface area (Å²) in [6.07, 6.45) is 5.93. The molecule has 1 saturated heterocycles. The van der Waals surface area contributed by atoms with Gasteiger partial charge in [-0.3, -0.25) is 14.9 Å². The molecule has 0 bridgehead atoms. The van der Waals surface area contributed by atoms with Crippen molar-refractivity contribution in [2.45, 2.75) is 19.4 Å².